The minimum absolute atomic E-state index is 0. The molecule has 1 aliphatic carbocycles. The van der Waals surface area contributed by atoms with Crippen molar-refractivity contribution in [3.05, 3.63) is 101 Å². The fourth-order valence-electron chi connectivity index (χ4n) is 5.14. The van der Waals surface area contributed by atoms with Gasteiger partial charge in [-0.15, -0.1) is 34.9 Å². The Hall–Kier alpha value is -3.40. The molecule has 0 saturated heterocycles. The van der Waals surface area contributed by atoms with Crippen LogP contribution >= 0.6 is 0 Å². The van der Waals surface area contributed by atoms with Gasteiger partial charge in [-0.25, -0.2) is 0 Å². The summed E-state index contributed by atoms with van der Waals surface area (Å²) >= 11 is 0. The Bertz CT molecular complexity index is 1560. The molecule has 4 aromatic rings. The van der Waals surface area contributed by atoms with E-state index in [1.807, 2.05) is 83.3 Å². The molecule has 1 aliphatic rings. The van der Waals surface area contributed by atoms with Gasteiger partial charge in [0.05, 0.1) is 5.76 Å². The topological polar surface area (TPSA) is 67.3 Å². The molecule has 0 saturated carbocycles. The van der Waals surface area contributed by atoms with E-state index >= 15 is 0 Å². The van der Waals surface area contributed by atoms with E-state index in [0.717, 1.165) is 49.8 Å². The number of aliphatic hydroxyl groups excluding tert-OH is 1. The third kappa shape index (κ3) is 7.02. The summed E-state index contributed by atoms with van der Waals surface area (Å²) in [6, 6.07) is 21.5. The zero-order chi connectivity index (χ0) is 28.3. The monoisotopic (exact) mass is 711 g/mol. The van der Waals surface area contributed by atoms with Crippen LogP contribution in [0.5, 0.6) is 0 Å². The Morgan fingerprint density at radius 3 is 2.23 bits per heavy atom. The van der Waals surface area contributed by atoms with Gasteiger partial charge >= 0.3 is 0 Å². The fraction of sp³-hybridized carbons (Fsp3) is 0.286. The van der Waals surface area contributed by atoms with Crippen molar-refractivity contribution >= 4 is 22.3 Å². The number of aliphatic hydroxyl groups is 1. The van der Waals surface area contributed by atoms with E-state index in [1.165, 1.54) is 11.6 Å². The molecule has 5 heteroatoms. The van der Waals surface area contributed by atoms with Crippen LogP contribution in [0.2, 0.25) is 0 Å². The molecule has 0 bridgehead atoms. The van der Waals surface area contributed by atoms with Crippen LogP contribution in [0.25, 0.3) is 33.2 Å². The van der Waals surface area contributed by atoms with Gasteiger partial charge in [0.25, 0.3) is 0 Å². The largest absolute Gasteiger partial charge is 0.512 e. The summed E-state index contributed by atoms with van der Waals surface area (Å²) in [6.45, 7) is 12.1. The normalized spacial score (nSPS) is 12.1. The number of rotatable bonds is 6. The van der Waals surface area contributed by atoms with Crippen molar-refractivity contribution in [3.63, 3.8) is 0 Å². The van der Waals surface area contributed by atoms with Gasteiger partial charge in [-0.05, 0) is 39.9 Å². The number of fused-ring (bicyclic) bond motifs is 5. The summed E-state index contributed by atoms with van der Waals surface area (Å²) in [5, 5.41) is 11.5. The van der Waals surface area contributed by atoms with E-state index in [0.29, 0.717) is 24.7 Å². The molecule has 40 heavy (non-hydrogen) atoms. The summed E-state index contributed by atoms with van der Waals surface area (Å²) in [4.78, 5) is 28.6. The molecule has 0 atom stereocenters. The van der Waals surface area contributed by atoms with Gasteiger partial charge in [0, 0.05) is 61.9 Å². The molecule has 0 fully saturated rings. The fourth-order valence-corrected chi connectivity index (χ4v) is 5.14. The number of hydrogen-bond acceptors (Lipinski definition) is 4. The number of allylic oxidation sites excluding steroid dienone is 2. The van der Waals surface area contributed by atoms with Crippen molar-refractivity contribution in [2.45, 2.75) is 54.4 Å². The van der Waals surface area contributed by atoms with E-state index in [9.17, 15) is 14.7 Å². The molecule has 5 rings (SSSR count). The second kappa shape index (κ2) is 13.3. The number of ketones is 2. The third-order valence-corrected chi connectivity index (χ3v) is 6.59. The van der Waals surface area contributed by atoms with E-state index in [-0.39, 0.29) is 37.4 Å². The number of hydrogen-bond donors (Lipinski definition) is 1. The number of pyridine rings is 1. The van der Waals surface area contributed by atoms with Gasteiger partial charge in [0.2, 0.25) is 0 Å². The van der Waals surface area contributed by atoms with Gasteiger partial charge in [-0.2, -0.15) is 0 Å². The summed E-state index contributed by atoms with van der Waals surface area (Å²) in [5.74, 6) is 1.08. The van der Waals surface area contributed by atoms with E-state index < -0.39 is 0 Å². The van der Waals surface area contributed by atoms with Crippen molar-refractivity contribution in [1.29, 1.82) is 0 Å². The van der Waals surface area contributed by atoms with Gasteiger partial charge in [-0.1, -0.05) is 77.9 Å². The zero-order valence-electron chi connectivity index (χ0n) is 24.0. The summed E-state index contributed by atoms with van der Waals surface area (Å²) < 4.78 is 0. The maximum Gasteiger partial charge on any atom is 0.194 e. The predicted octanol–water partition coefficient (Wildman–Crippen LogP) is 8.62. The molecular weight excluding hydrogens is 675 g/mol. The molecule has 0 amide bonds. The van der Waals surface area contributed by atoms with Crippen LogP contribution in [-0.4, -0.2) is 21.7 Å². The van der Waals surface area contributed by atoms with Gasteiger partial charge in [0.15, 0.2) is 11.6 Å². The first-order valence-corrected chi connectivity index (χ1v) is 13.5. The van der Waals surface area contributed by atoms with Crippen molar-refractivity contribution in [2.24, 2.45) is 11.8 Å². The van der Waals surface area contributed by atoms with Crippen molar-refractivity contribution in [3.8, 4) is 22.4 Å². The van der Waals surface area contributed by atoms with Crippen molar-refractivity contribution in [2.75, 3.05) is 0 Å². The molecule has 1 N–H and O–H groups in total. The molecule has 1 heterocycles. The first-order chi connectivity index (χ1) is 18.5. The van der Waals surface area contributed by atoms with E-state index in [4.69, 9.17) is 0 Å². The van der Waals surface area contributed by atoms with Gasteiger partial charge in [-0.3, -0.25) is 9.59 Å². The Morgan fingerprint density at radius 2 is 1.57 bits per heavy atom. The Kier molecular flexibility index (Phi) is 10.4. The minimum atomic E-state index is 0. The maximum atomic E-state index is 12.8. The molecule has 3 aromatic carbocycles. The second-order valence-electron chi connectivity index (χ2n) is 11.2. The molecule has 1 aromatic heterocycles. The molecule has 0 unspecified atom stereocenters. The SMILES string of the molecule is CC(C)CC(=O)/C=C(\O)CC(C)C.Cc1[c-]c(-c2nccc3c4c(ccc23)C(=O)c2ccccc2-4)cc(C)c1.[Ir]. The average molecular weight is 711 g/mol. The molecule has 0 spiro atoms. The molecule has 4 nitrogen and oxygen atoms in total. The second-order valence-corrected chi connectivity index (χ2v) is 11.2. The first-order valence-electron chi connectivity index (χ1n) is 13.5. The van der Waals surface area contributed by atoms with Crippen LogP contribution < -0.4 is 0 Å². The van der Waals surface area contributed by atoms with Crippen LogP contribution in [0.3, 0.4) is 0 Å². The van der Waals surface area contributed by atoms with E-state index in [2.05, 4.69) is 30.1 Å². The van der Waals surface area contributed by atoms with Crippen molar-refractivity contribution in [1.82, 2.24) is 4.98 Å². The van der Waals surface area contributed by atoms with Crippen molar-refractivity contribution < 1.29 is 34.8 Å². The number of carbonyl (C=O) groups is 2. The standard InChI is InChI=1S/C24H16NO.C11H20O2.Ir/c1-14-11-15(2)13-16(12-14)23-19-7-8-21-22(18(19)9-10-25-23)17-5-3-4-6-20(17)24(21)26;1-8(2)5-10(12)7-11(13)6-9(3)4;/h3-12H,1-2H3;7-9,12H,5-6H2,1-4H3;/q-1;;/b;10-7-;. The Morgan fingerprint density at radius 1 is 0.900 bits per heavy atom. The minimum Gasteiger partial charge on any atom is -0.512 e. The van der Waals surface area contributed by atoms with Gasteiger partial charge in [0.1, 0.15) is 0 Å². The number of aromatic nitrogens is 1. The third-order valence-electron chi connectivity index (χ3n) is 6.59. The van der Waals surface area contributed by atoms with Crippen LogP contribution in [-0.2, 0) is 24.9 Å². The van der Waals surface area contributed by atoms with Gasteiger partial charge < -0.3 is 10.1 Å². The number of carbonyl (C=O) groups excluding carboxylic acids is 2. The quantitative estimate of drug-likeness (QED) is 0.109. The van der Waals surface area contributed by atoms with Crippen LogP contribution in [0.4, 0.5) is 0 Å². The maximum absolute atomic E-state index is 12.8. The number of aryl methyl sites for hydroxylation is 2. The van der Waals surface area contributed by atoms with Crippen LogP contribution in [0, 0.1) is 31.7 Å². The number of nitrogens with zero attached hydrogens (tertiary/aromatic N) is 1. The average Bonchev–Trinajstić information content (AvgIpc) is 3.15. The summed E-state index contributed by atoms with van der Waals surface area (Å²) in [6.07, 6.45) is 4.29. The molecule has 0 aliphatic heterocycles. The summed E-state index contributed by atoms with van der Waals surface area (Å²) in [7, 11) is 0. The Labute approximate surface area is 250 Å². The Balaban J connectivity index is 0.000000272. The summed E-state index contributed by atoms with van der Waals surface area (Å²) in [5.41, 5.74) is 7.79. The predicted molar refractivity (Wildman–Crippen MR) is 159 cm³/mol. The smallest absolute Gasteiger partial charge is 0.194 e. The molecule has 209 valence electrons. The van der Waals surface area contributed by atoms with Crippen LogP contribution in [0.15, 0.2) is 72.6 Å². The molecular formula is C35H36IrNO3-. The van der Waals surface area contributed by atoms with E-state index in [1.54, 1.807) is 0 Å². The van der Waals surface area contributed by atoms with Crippen LogP contribution in [0.1, 0.15) is 67.6 Å². The number of benzene rings is 3. The first kappa shape index (κ1) is 31.1. The molecule has 1 radical (unpaired) electrons. The zero-order valence-corrected chi connectivity index (χ0v) is 26.4.